The summed E-state index contributed by atoms with van der Waals surface area (Å²) in [6.45, 7) is 1.20. The SMILES string of the molecule is OC1C[C@@H](C(c2ccccc2)c2ccccc2)OCC1NCc1ccc2[nH]ccc2c1. The second kappa shape index (κ2) is 9.06. The first-order valence-corrected chi connectivity index (χ1v) is 11.0. The quantitative estimate of drug-likeness (QED) is 0.434. The fraction of sp³-hybridized carbons (Fsp3) is 0.259. The van der Waals surface area contributed by atoms with Gasteiger partial charge in [-0.05, 0) is 40.3 Å². The van der Waals surface area contributed by atoms with Crippen LogP contribution in [0.4, 0.5) is 0 Å². The van der Waals surface area contributed by atoms with Gasteiger partial charge >= 0.3 is 0 Å². The number of aliphatic hydroxyl groups is 1. The molecule has 1 aromatic heterocycles. The zero-order chi connectivity index (χ0) is 21.0. The minimum absolute atomic E-state index is 0.0611. The zero-order valence-corrected chi connectivity index (χ0v) is 17.4. The Morgan fingerprint density at radius 3 is 2.32 bits per heavy atom. The van der Waals surface area contributed by atoms with Crippen molar-refractivity contribution in [3.8, 4) is 0 Å². The molecule has 4 aromatic rings. The van der Waals surface area contributed by atoms with E-state index >= 15 is 0 Å². The molecule has 158 valence electrons. The molecule has 1 aliphatic heterocycles. The van der Waals surface area contributed by atoms with Gasteiger partial charge in [0.25, 0.3) is 0 Å². The van der Waals surface area contributed by atoms with Crippen LogP contribution in [0.3, 0.4) is 0 Å². The van der Waals surface area contributed by atoms with E-state index in [9.17, 15) is 5.11 Å². The zero-order valence-electron chi connectivity index (χ0n) is 17.4. The fourth-order valence-electron chi connectivity index (χ4n) is 4.64. The highest BCUT2D eigenvalue weighted by Gasteiger charge is 2.35. The Morgan fingerprint density at radius 1 is 0.935 bits per heavy atom. The Balaban J connectivity index is 1.27. The summed E-state index contributed by atoms with van der Waals surface area (Å²) < 4.78 is 6.35. The Hall–Kier alpha value is -2.92. The first kappa shape index (κ1) is 20.0. The summed E-state index contributed by atoms with van der Waals surface area (Å²) in [6.07, 6.45) is 2.04. The molecule has 1 fully saturated rings. The van der Waals surface area contributed by atoms with Gasteiger partial charge < -0.3 is 20.1 Å². The molecule has 5 rings (SSSR count). The van der Waals surface area contributed by atoms with E-state index in [0.29, 0.717) is 19.6 Å². The predicted molar refractivity (Wildman–Crippen MR) is 124 cm³/mol. The lowest BCUT2D eigenvalue weighted by Crippen LogP contribution is -2.50. The van der Waals surface area contributed by atoms with Crippen LogP contribution in [0.2, 0.25) is 0 Å². The van der Waals surface area contributed by atoms with Crippen molar-refractivity contribution in [3.05, 3.63) is 108 Å². The van der Waals surface area contributed by atoms with Crippen LogP contribution in [0.25, 0.3) is 10.9 Å². The molecule has 1 saturated heterocycles. The van der Waals surface area contributed by atoms with E-state index in [0.717, 1.165) is 5.52 Å². The third kappa shape index (κ3) is 4.42. The predicted octanol–water partition coefficient (Wildman–Crippen LogP) is 4.61. The Labute approximate surface area is 182 Å². The maximum atomic E-state index is 11.0. The molecule has 4 heteroatoms. The first-order valence-electron chi connectivity index (χ1n) is 11.0. The highest BCUT2D eigenvalue weighted by Crippen LogP contribution is 2.34. The summed E-state index contributed by atoms with van der Waals surface area (Å²) in [5.74, 6) is 0.106. The van der Waals surface area contributed by atoms with Crippen LogP contribution in [0.5, 0.6) is 0 Å². The number of nitrogens with one attached hydrogen (secondary N) is 2. The standard InChI is InChI=1S/C27H28N2O2/c30-25-16-26(27(20-7-3-1-4-8-20)21-9-5-2-6-10-21)31-18-24(25)29-17-19-11-12-23-22(15-19)13-14-28-23/h1-15,24-30H,16-18H2/t24?,25?,26-/m0/s1. The minimum Gasteiger partial charge on any atom is -0.391 e. The van der Waals surface area contributed by atoms with Crippen molar-refractivity contribution in [1.82, 2.24) is 10.3 Å². The van der Waals surface area contributed by atoms with E-state index in [1.807, 2.05) is 18.3 Å². The van der Waals surface area contributed by atoms with Crippen LogP contribution in [-0.2, 0) is 11.3 Å². The fourth-order valence-corrected chi connectivity index (χ4v) is 4.64. The number of hydrogen-bond acceptors (Lipinski definition) is 3. The summed E-state index contributed by atoms with van der Waals surface area (Å²) in [5.41, 5.74) is 4.78. The number of fused-ring (bicyclic) bond motifs is 1. The van der Waals surface area contributed by atoms with Crippen LogP contribution in [0.15, 0.2) is 91.1 Å². The lowest BCUT2D eigenvalue weighted by molar-refractivity contribution is -0.0718. The van der Waals surface area contributed by atoms with Crippen molar-refractivity contribution >= 4 is 10.9 Å². The van der Waals surface area contributed by atoms with Gasteiger partial charge in [-0.3, -0.25) is 0 Å². The smallest absolute Gasteiger partial charge is 0.0740 e. The lowest BCUT2D eigenvalue weighted by atomic mass is 9.82. The number of ether oxygens (including phenoxy) is 1. The average Bonchev–Trinajstić information content (AvgIpc) is 3.28. The summed E-state index contributed by atoms with van der Waals surface area (Å²) in [4.78, 5) is 3.22. The number of aromatic nitrogens is 1. The van der Waals surface area contributed by atoms with E-state index in [2.05, 4.69) is 83.1 Å². The minimum atomic E-state index is -0.454. The Morgan fingerprint density at radius 2 is 1.65 bits per heavy atom. The average molecular weight is 413 g/mol. The van der Waals surface area contributed by atoms with Gasteiger partial charge in [-0.15, -0.1) is 0 Å². The molecule has 0 radical (unpaired) electrons. The molecular formula is C27H28N2O2. The van der Waals surface area contributed by atoms with Gasteiger partial charge in [-0.25, -0.2) is 0 Å². The topological polar surface area (TPSA) is 57.3 Å². The maximum Gasteiger partial charge on any atom is 0.0740 e. The van der Waals surface area contributed by atoms with Crippen LogP contribution < -0.4 is 5.32 Å². The van der Waals surface area contributed by atoms with Crippen molar-refractivity contribution in [3.63, 3.8) is 0 Å². The third-order valence-corrected chi connectivity index (χ3v) is 6.30. The summed E-state index contributed by atoms with van der Waals surface area (Å²) >= 11 is 0. The molecule has 1 aliphatic rings. The molecule has 2 heterocycles. The summed E-state index contributed by atoms with van der Waals surface area (Å²) in [7, 11) is 0. The normalized spacial score (nSPS) is 21.5. The Kier molecular flexibility index (Phi) is 5.85. The second-order valence-corrected chi connectivity index (χ2v) is 8.36. The van der Waals surface area contributed by atoms with Crippen LogP contribution in [0, 0.1) is 0 Å². The van der Waals surface area contributed by atoms with E-state index in [1.165, 1.54) is 22.1 Å². The van der Waals surface area contributed by atoms with Crippen molar-refractivity contribution in [2.24, 2.45) is 0 Å². The molecule has 0 spiro atoms. The van der Waals surface area contributed by atoms with Crippen LogP contribution in [-0.4, -0.2) is 34.9 Å². The molecule has 3 aromatic carbocycles. The van der Waals surface area contributed by atoms with Gasteiger partial charge in [0.15, 0.2) is 0 Å². The highest BCUT2D eigenvalue weighted by molar-refractivity contribution is 5.79. The molecule has 0 amide bonds. The number of benzene rings is 3. The van der Waals surface area contributed by atoms with Gasteiger partial charge in [0.2, 0.25) is 0 Å². The lowest BCUT2D eigenvalue weighted by Gasteiger charge is -2.38. The largest absolute Gasteiger partial charge is 0.391 e. The van der Waals surface area contributed by atoms with E-state index in [1.54, 1.807) is 0 Å². The molecular weight excluding hydrogens is 384 g/mol. The number of H-pyrrole nitrogens is 1. The van der Waals surface area contributed by atoms with Gasteiger partial charge in [0.05, 0.1) is 24.9 Å². The van der Waals surface area contributed by atoms with E-state index in [4.69, 9.17) is 4.74 Å². The molecule has 0 bridgehead atoms. The monoisotopic (exact) mass is 412 g/mol. The summed E-state index contributed by atoms with van der Waals surface area (Å²) in [5, 5.41) is 15.7. The van der Waals surface area contributed by atoms with Crippen molar-refractivity contribution in [2.75, 3.05) is 6.61 Å². The molecule has 31 heavy (non-hydrogen) atoms. The van der Waals surface area contributed by atoms with E-state index < -0.39 is 6.10 Å². The number of rotatable bonds is 6. The number of hydrogen-bond donors (Lipinski definition) is 3. The van der Waals surface area contributed by atoms with Gasteiger partial charge in [0, 0.05) is 30.6 Å². The van der Waals surface area contributed by atoms with Crippen molar-refractivity contribution in [2.45, 2.75) is 37.1 Å². The van der Waals surface area contributed by atoms with Gasteiger partial charge in [-0.2, -0.15) is 0 Å². The highest BCUT2D eigenvalue weighted by atomic mass is 16.5. The van der Waals surface area contributed by atoms with Crippen LogP contribution >= 0.6 is 0 Å². The van der Waals surface area contributed by atoms with Crippen molar-refractivity contribution < 1.29 is 9.84 Å². The molecule has 3 N–H and O–H groups in total. The van der Waals surface area contributed by atoms with E-state index in [-0.39, 0.29) is 18.1 Å². The van der Waals surface area contributed by atoms with Crippen LogP contribution in [0.1, 0.15) is 29.0 Å². The molecule has 2 unspecified atom stereocenters. The second-order valence-electron chi connectivity index (χ2n) is 8.36. The molecule has 4 nitrogen and oxygen atoms in total. The molecule has 3 atom stereocenters. The summed E-state index contributed by atoms with van der Waals surface area (Å²) in [6, 6.07) is 29.3. The Bertz CT molecular complexity index is 1070. The third-order valence-electron chi connectivity index (χ3n) is 6.30. The number of aliphatic hydroxyl groups excluding tert-OH is 1. The molecule has 0 saturated carbocycles. The maximum absolute atomic E-state index is 11.0. The first-order chi connectivity index (χ1) is 15.3. The molecule has 0 aliphatic carbocycles. The number of aromatic amines is 1. The van der Waals surface area contributed by atoms with Gasteiger partial charge in [-0.1, -0.05) is 66.7 Å². The van der Waals surface area contributed by atoms with Crippen molar-refractivity contribution in [1.29, 1.82) is 0 Å². The van der Waals surface area contributed by atoms with Gasteiger partial charge in [0.1, 0.15) is 0 Å².